The van der Waals surface area contributed by atoms with E-state index >= 15 is 0 Å². The first-order valence-electron chi connectivity index (χ1n) is 7.78. The quantitative estimate of drug-likeness (QED) is 0.541. The molecule has 0 bridgehead atoms. The molecule has 26 heavy (non-hydrogen) atoms. The van der Waals surface area contributed by atoms with E-state index in [0.717, 1.165) is 30.3 Å². The summed E-state index contributed by atoms with van der Waals surface area (Å²) in [4.78, 5) is -0.399. The van der Waals surface area contributed by atoms with Crippen molar-refractivity contribution >= 4 is 19.9 Å². The SMILES string of the molecule is COCCCNS(=O)(=O)c1cc(S(=O)(=O)c2ccc(F)cc2)ccc1C. The van der Waals surface area contributed by atoms with Crippen molar-refractivity contribution in [2.75, 3.05) is 20.3 Å². The van der Waals surface area contributed by atoms with Gasteiger partial charge in [0, 0.05) is 20.3 Å². The van der Waals surface area contributed by atoms with Gasteiger partial charge in [0.15, 0.2) is 0 Å². The molecule has 0 spiro atoms. The lowest BCUT2D eigenvalue weighted by Gasteiger charge is -2.12. The van der Waals surface area contributed by atoms with Gasteiger partial charge < -0.3 is 4.74 Å². The average molecular weight is 401 g/mol. The van der Waals surface area contributed by atoms with Crippen molar-refractivity contribution in [2.24, 2.45) is 0 Å². The predicted molar refractivity (Wildman–Crippen MR) is 94.7 cm³/mol. The minimum absolute atomic E-state index is 0.112. The third-order valence-electron chi connectivity index (χ3n) is 3.70. The summed E-state index contributed by atoms with van der Waals surface area (Å²) in [6, 6.07) is 8.24. The van der Waals surface area contributed by atoms with Crippen LogP contribution in [0.5, 0.6) is 0 Å². The fraction of sp³-hybridized carbons (Fsp3) is 0.294. The van der Waals surface area contributed by atoms with Crippen molar-refractivity contribution in [3.8, 4) is 0 Å². The van der Waals surface area contributed by atoms with Crippen LogP contribution in [0.25, 0.3) is 0 Å². The maximum Gasteiger partial charge on any atom is 0.240 e. The van der Waals surface area contributed by atoms with Crippen LogP contribution in [-0.4, -0.2) is 37.1 Å². The monoisotopic (exact) mass is 401 g/mol. The van der Waals surface area contributed by atoms with E-state index in [4.69, 9.17) is 4.74 Å². The predicted octanol–water partition coefficient (Wildman–Crippen LogP) is 2.28. The van der Waals surface area contributed by atoms with Gasteiger partial charge in [0.1, 0.15) is 5.82 Å². The van der Waals surface area contributed by atoms with Gasteiger partial charge in [-0.25, -0.2) is 25.9 Å². The van der Waals surface area contributed by atoms with E-state index in [1.54, 1.807) is 6.92 Å². The Balaban J connectivity index is 2.39. The Hall–Kier alpha value is -1.81. The zero-order chi connectivity index (χ0) is 19.4. The molecular formula is C17H20FNO5S2. The Labute approximate surface area is 153 Å². The van der Waals surface area contributed by atoms with Crippen LogP contribution >= 0.6 is 0 Å². The highest BCUT2D eigenvalue weighted by Gasteiger charge is 2.23. The molecule has 0 heterocycles. The molecule has 0 aromatic heterocycles. The molecular weight excluding hydrogens is 381 g/mol. The molecule has 9 heteroatoms. The van der Waals surface area contributed by atoms with E-state index in [-0.39, 0.29) is 21.2 Å². The Kier molecular flexibility index (Phi) is 6.51. The van der Waals surface area contributed by atoms with E-state index in [1.165, 1.54) is 19.2 Å². The lowest BCUT2D eigenvalue weighted by atomic mass is 10.2. The topological polar surface area (TPSA) is 89.5 Å². The van der Waals surface area contributed by atoms with E-state index in [1.807, 2.05) is 0 Å². The molecule has 0 aliphatic rings. The number of sulfone groups is 1. The molecule has 0 saturated carbocycles. The summed E-state index contributed by atoms with van der Waals surface area (Å²) in [5, 5.41) is 0. The van der Waals surface area contributed by atoms with Crippen LogP contribution in [0, 0.1) is 12.7 Å². The normalized spacial score (nSPS) is 12.3. The maximum absolute atomic E-state index is 13.0. The second kappa shape index (κ2) is 8.26. The van der Waals surface area contributed by atoms with Gasteiger partial charge in [-0.05, 0) is 55.3 Å². The van der Waals surface area contributed by atoms with E-state index in [0.29, 0.717) is 18.6 Å². The molecule has 2 aromatic rings. The third-order valence-corrected chi connectivity index (χ3v) is 7.07. The molecule has 142 valence electrons. The second-order valence-corrected chi connectivity index (χ2v) is 9.31. The van der Waals surface area contributed by atoms with Gasteiger partial charge in [-0.1, -0.05) is 6.07 Å². The highest BCUT2D eigenvalue weighted by molar-refractivity contribution is 7.91. The van der Waals surface area contributed by atoms with Crippen LogP contribution in [0.3, 0.4) is 0 Å². The van der Waals surface area contributed by atoms with Crippen LogP contribution in [0.4, 0.5) is 4.39 Å². The summed E-state index contributed by atoms with van der Waals surface area (Å²) in [6.45, 7) is 2.16. The number of aryl methyl sites for hydroxylation is 1. The van der Waals surface area contributed by atoms with Crippen LogP contribution < -0.4 is 4.72 Å². The summed E-state index contributed by atoms with van der Waals surface area (Å²) in [7, 11) is -6.32. The molecule has 0 amide bonds. The number of hydrogen-bond acceptors (Lipinski definition) is 5. The zero-order valence-corrected chi connectivity index (χ0v) is 16.0. The molecule has 0 fully saturated rings. The summed E-state index contributed by atoms with van der Waals surface area (Å²) in [5.74, 6) is -0.559. The molecule has 0 atom stereocenters. The Bertz CT molecular complexity index is 971. The van der Waals surface area contributed by atoms with E-state index in [9.17, 15) is 21.2 Å². The molecule has 1 N–H and O–H groups in total. The fourth-order valence-corrected chi connectivity index (χ4v) is 4.99. The maximum atomic E-state index is 13.0. The third kappa shape index (κ3) is 4.67. The first-order valence-corrected chi connectivity index (χ1v) is 10.7. The minimum atomic E-state index is -3.96. The van der Waals surface area contributed by atoms with Gasteiger partial charge in [0.25, 0.3) is 0 Å². The smallest absolute Gasteiger partial charge is 0.240 e. The molecule has 2 rings (SSSR count). The van der Waals surface area contributed by atoms with Crippen molar-refractivity contribution in [3.05, 3.63) is 53.8 Å². The zero-order valence-electron chi connectivity index (χ0n) is 14.4. The van der Waals surface area contributed by atoms with Crippen molar-refractivity contribution in [3.63, 3.8) is 0 Å². The molecule has 0 unspecified atom stereocenters. The second-order valence-electron chi connectivity index (χ2n) is 5.63. The number of hydrogen-bond donors (Lipinski definition) is 1. The molecule has 0 aliphatic carbocycles. The number of benzene rings is 2. The van der Waals surface area contributed by atoms with Gasteiger partial charge in [-0.2, -0.15) is 0 Å². The highest BCUT2D eigenvalue weighted by Crippen LogP contribution is 2.25. The van der Waals surface area contributed by atoms with E-state index < -0.39 is 25.7 Å². The fourth-order valence-electron chi connectivity index (χ4n) is 2.29. The van der Waals surface area contributed by atoms with Crippen LogP contribution in [0.15, 0.2) is 57.2 Å². The number of halogens is 1. The van der Waals surface area contributed by atoms with Crippen molar-refractivity contribution in [1.82, 2.24) is 4.72 Å². The number of sulfonamides is 1. The standard InChI is InChI=1S/C17H20FNO5S2/c1-13-4-7-16(25(20,21)15-8-5-14(18)6-9-15)12-17(13)26(22,23)19-10-3-11-24-2/h4-9,12,19H,3,10-11H2,1-2H3. The molecule has 0 radical (unpaired) electrons. The first kappa shape index (κ1) is 20.5. The van der Waals surface area contributed by atoms with Crippen LogP contribution in [-0.2, 0) is 24.6 Å². The Morgan fingerprint density at radius 3 is 2.23 bits per heavy atom. The Morgan fingerprint density at radius 2 is 1.62 bits per heavy atom. The molecule has 2 aromatic carbocycles. The summed E-state index contributed by atoms with van der Waals surface area (Å²) < 4.78 is 70.6. The summed E-state index contributed by atoms with van der Waals surface area (Å²) >= 11 is 0. The van der Waals surface area contributed by atoms with Gasteiger partial charge in [0.05, 0.1) is 14.7 Å². The lowest BCUT2D eigenvalue weighted by molar-refractivity contribution is 0.196. The van der Waals surface area contributed by atoms with Crippen molar-refractivity contribution < 1.29 is 26.0 Å². The first-order chi connectivity index (χ1) is 12.2. The van der Waals surface area contributed by atoms with Gasteiger partial charge in [-0.3, -0.25) is 0 Å². The largest absolute Gasteiger partial charge is 0.385 e. The summed E-state index contributed by atoms with van der Waals surface area (Å²) in [5.41, 5.74) is 0.419. The highest BCUT2D eigenvalue weighted by atomic mass is 32.2. The number of rotatable bonds is 8. The number of methoxy groups -OCH3 is 1. The minimum Gasteiger partial charge on any atom is -0.385 e. The van der Waals surface area contributed by atoms with Crippen molar-refractivity contribution in [2.45, 2.75) is 28.0 Å². The number of nitrogens with one attached hydrogen (secondary N) is 1. The van der Waals surface area contributed by atoms with Gasteiger partial charge in [-0.15, -0.1) is 0 Å². The van der Waals surface area contributed by atoms with E-state index in [2.05, 4.69) is 4.72 Å². The molecule has 0 aliphatic heterocycles. The number of ether oxygens (including phenoxy) is 1. The van der Waals surface area contributed by atoms with Crippen molar-refractivity contribution in [1.29, 1.82) is 0 Å². The van der Waals surface area contributed by atoms with Gasteiger partial charge >= 0.3 is 0 Å². The Morgan fingerprint density at radius 1 is 1.00 bits per heavy atom. The average Bonchev–Trinajstić information content (AvgIpc) is 2.59. The van der Waals surface area contributed by atoms with Crippen LogP contribution in [0.1, 0.15) is 12.0 Å². The lowest BCUT2D eigenvalue weighted by Crippen LogP contribution is -2.26. The molecule has 0 saturated heterocycles. The molecule has 6 nitrogen and oxygen atoms in total. The van der Waals surface area contributed by atoms with Gasteiger partial charge in [0.2, 0.25) is 19.9 Å². The van der Waals surface area contributed by atoms with Crippen LogP contribution in [0.2, 0.25) is 0 Å². The summed E-state index contributed by atoms with van der Waals surface area (Å²) in [6.07, 6.45) is 0.488.